The van der Waals surface area contributed by atoms with Crippen molar-refractivity contribution < 1.29 is 39.7 Å². The third-order valence-electron chi connectivity index (χ3n) is 3.89. The highest BCUT2D eigenvalue weighted by Crippen LogP contribution is 2.40. The van der Waals surface area contributed by atoms with Gasteiger partial charge in [-0.2, -0.15) is 26.0 Å². The van der Waals surface area contributed by atoms with E-state index in [9.17, 15) is 35.6 Å². The second-order valence-corrected chi connectivity index (χ2v) is 7.39. The number of carbonyl (C=O) groups is 1. The molecule has 0 spiro atoms. The van der Waals surface area contributed by atoms with Crippen LogP contribution in [0.25, 0.3) is 10.9 Å². The van der Waals surface area contributed by atoms with Crippen molar-refractivity contribution in [3.05, 3.63) is 34.1 Å². The lowest BCUT2D eigenvalue weighted by atomic mass is 10.1. The first kappa shape index (κ1) is 20.0. The van der Waals surface area contributed by atoms with E-state index in [4.69, 9.17) is 4.74 Å². The maximum atomic E-state index is 14.1. The molecule has 0 unspecified atom stereocenters. The van der Waals surface area contributed by atoms with Crippen LogP contribution in [0.3, 0.4) is 0 Å². The Balaban J connectivity index is 2.32. The van der Waals surface area contributed by atoms with Crippen molar-refractivity contribution in [2.45, 2.75) is 31.3 Å². The van der Waals surface area contributed by atoms with Gasteiger partial charge in [0.2, 0.25) is 11.2 Å². The molecule has 0 aromatic carbocycles. The zero-order valence-electron chi connectivity index (χ0n) is 14.1. The summed E-state index contributed by atoms with van der Waals surface area (Å²) < 4.78 is 84.7. The standard InChI is InChI=1S/C15H12F4N2O6S/c1-2-26-14(23)9-6-21(7-3-4-7)10-8(11(9)22)5-20-13(16)12(10)27-28(24,25)15(17,18)19/h5-7H,2-4H2,1H3. The number of pyridine rings is 2. The minimum absolute atomic E-state index is 0.0421. The molecule has 0 bridgehead atoms. The normalized spacial score (nSPS) is 14.9. The van der Waals surface area contributed by atoms with Gasteiger partial charge in [-0.1, -0.05) is 0 Å². The van der Waals surface area contributed by atoms with Crippen molar-refractivity contribution in [1.29, 1.82) is 0 Å². The first-order valence-electron chi connectivity index (χ1n) is 7.89. The number of nitrogens with zero attached hydrogens (tertiary/aromatic N) is 2. The molecular formula is C15H12F4N2O6S. The summed E-state index contributed by atoms with van der Waals surface area (Å²) in [4.78, 5) is 27.7. The number of halogens is 4. The molecule has 2 aromatic rings. The Labute approximate surface area is 154 Å². The molecule has 2 heterocycles. The number of alkyl halides is 3. The highest BCUT2D eigenvalue weighted by Gasteiger charge is 2.49. The number of ether oxygens (including phenoxy) is 1. The number of carbonyl (C=O) groups excluding carboxylic acids is 1. The molecule has 8 nitrogen and oxygen atoms in total. The van der Waals surface area contributed by atoms with E-state index in [-0.39, 0.29) is 6.61 Å². The minimum Gasteiger partial charge on any atom is -0.462 e. The molecule has 13 heteroatoms. The average molecular weight is 424 g/mol. The molecule has 0 radical (unpaired) electrons. The van der Waals surface area contributed by atoms with E-state index in [0.29, 0.717) is 19.0 Å². The molecule has 0 N–H and O–H groups in total. The molecule has 1 fully saturated rings. The fourth-order valence-corrected chi connectivity index (χ4v) is 2.98. The van der Waals surface area contributed by atoms with Gasteiger partial charge in [0.1, 0.15) is 11.1 Å². The molecular weight excluding hydrogens is 412 g/mol. The smallest absolute Gasteiger partial charge is 0.462 e. The summed E-state index contributed by atoms with van der Waals surface area (Å²) >= 11 is 0. The zero-order valence-corrected chi connectivity index (χ0v) is 14.9. The van der Waals surface area contributed by atoms with E-state index in [1.165, 1.54) is 6.92 Å². The lowest BCUT2D eigenvalue weighted by Gasteiger charge is -2.16. The summed E-state index contributed by atoms with van der Waals surface area (Å²) in [5.41, 5.74) is -7.82. The Bertz CT molecular complexity index is 1120. The zero-order chi connectivity index (χ0) is 20.9. The van der Waals surface area contributed by atoms with Crippen LogP contribution >= 0.6 is 0 Å². The molecule has 0 amide bonds. The molecule has 1 aliphatic rings. The molecule has 28 heavy (non-hydrogen) atoms. The van der Waals surface area contributed by atoms with Crippen LogP contribution in [0.2, 0.25) is 0 Å². The van der Waals surface area contributed by atoms with Crippen LogP contribution in [0, 0.1) is 5.95 Å². The van der Waals surface area contributed by atoms with Crippen LogP contribution in [0.4, 0.5) is 17.6 Å². The fourth-order valence-electron chi connectivity index (χ4n) is 2.52. The molecule has 1 saturated carbocycles. The third kappa shape index (κ3) is 3.41. The van der Waals surface area contributed by atoms with Gasteiger partial charge in [-0.25, -0.2) is 9.78 Å². The van der Waals surface area contributed by atoms with Crippen LogP contribution in [-0.4, -0.2) is 36.1 Å². The Kier molecular flexibility index (Phi) is 4.81. The third-order valence-corrected chi connectivity index (χ3v) is 4.85. The van der Waals surface area contributed by atoms with Gasteiger partial charge in [-0.15, -0.1) is 0 Å². The summed E-state index contributed by atoms with van der Waals surface area (Å²) in [6, 6.07) is -0.394. The molecule has 152 valence electrons. The van der Waals surface area contributed by atoms with Crippen molar-refractivity contribution >= 4 is 27.0 Å². The molecule has 0 aliphatic heterocycles. The van der Waals surface area contributed by atoms with Gasteiger partial charge in [0.15, 0.2) is 0 Å². The Hall–Kier alpha value is -2.70. The molecule has 0 saturated heterocycles. The van der Waals surface area contributed by atoms with E-state index in [2.05, 4.69) is 9.17 Å². The molecule has 0 atom stereocenters. The maximum absolute atomic E-state index is 14.1. The van der Waals surface area contributed by atoms with E-state index >= 15 is 0 Å². The van der Waals surface area contributed by atoms with Gasteiger partial charge in [0, 0.05) is 18.4 Å². The van der Waals surface area contributed by atoms with Crippen LogP contribution in [-0.2, 0) is 14.9 Å². The highest BCUT2D eigenvalue weighted by atomic mass is 32.2. The van der Waals surface area contributed by atoms with Crippen molar-refractivity contribution in [3.8, 4) is 5.75 Å². The summed E-state index contributed by atoms with van der Waals surface area (Å²) in [6.45, 7) is 1.46. The monoisotopic (exact) mass is 424 g/mol. The topological polar surface area (TPSA) is 105 Å². The Morgan fingerprint density at radius 3 is 2.54 bits per heavy atom. The van der Waals surface area contributed by atoms with Crippen molar-refractivity contribution in [2.24, 2.45) is 0 Å². The average Bonchev–Trinajstić information content (AvgIpc) is 3.41. The van der Waals surface area contributed by atoms with Gasteiger partial charge in [0.25, 0.3) is 5.95 Å². The summed E-state index contributed by atoms with van der Waals surface area (Å²) in [5.74, 6) is -4.01. The first-order chi connectivity index (χ1) is 13.0. The number of esters is 1. The Morgan fingerprint density at radius 1 is 1.36 bits per heavy atom. The highest BCUT2D eigenvalue weighted by molar-refractivity contribution is 7.88. The van der Waals surface area contributed by atoms with E-state index < -0.39 is 61.2 Å². The van der Waals surface area contributed by atoms with Gasteiger partial charge in [-0.3, -0.25) is 4.79 Å². The number of rotatable bonds is 5. The van der Waals surface area contributed by atoms with Crippen LogP contribution in [0.1, 0.15) is 36.2 Å². The second-order valence-electron chi connectivity index (χ2n) is 5.85. The Morgan fingerprint density at radius 2 is 2.00 bits per heavy atom. The van der Waals surface area contributed by atoms with Crippen molar-refractivity contribution in [2.75, 3.05) is 6.61 Å². The van der Waals surface area contributed by atoms with Crippen LogP contribution < -0.4 is 9.61 Å². The van der Waals surface area contributed by atoms with E-state index in [0.717, 1.165) is 10.8 Å². The summed E-state index contributed by atoms with van der Waals surface area (Å²) in [5, 5.41) is -0.480. The quantitative estimate of drug-likeness (QED) is 0.238. The molecule has 2 aromatic heterocycles. The number of fused-ring (bicyclic) bond motifs is 1. The van der Waals surface area contributed by atoms with Gasteiger partial charge in [0.05, 0.1) is 12.0 Å². The number of aromatic nitrogens is 2. The maximum Gasteiger partial charge on any atom is 0.534 e. The second kappa shape index (κ2) is 6.72. The fraction of sp³-hybridized carbons (Fsp3) is 0.400. The lowest BCUT2D eigenvalue weighted by Crippen LogP contribution is -2.29. The largest absolute Gasteiger partial charge is 0.534 e. The summed E-state index contributed by atoms with van der Waals surface area (Å²) in [6.07, 6.45) is 2.71. The van der Waals surface area contributed by atoms with E-state index in [1.54, 1.807) is 0 Å². The SMILES string of the molecule is CCOC(=O)c1cn(C2CC2)c2c(OS(=O)(=O)C(F)(F)F)c(F)ncc2c1=O. The molecule has 3 rings (SSSR count). The van der Waals surface area contributed by atoms with E-state index in [1.807, 2.05) is 0 Å². The van der Waals surface area contributed by atoms with Crippen LogP contribution in [0.5, 0.6) is 5.75 Å². The lowest BCUT2D eigenvalue weighted by molar-refractivity contribution is -0.0500. The predicted octanol–water partition coefficient (Wildman–Crippen LogP) is 2.28. The predicted molar refractivity (Wildman–Crippen MR) is 85.8 cm³/mol. The number of hydrogen-bond acceptors (Lipinski definition) is 7. The first-order valence-corrected chi connectivity index (χ1v) is 9.30. The minimum atomic E-state index is -6.22. The summed E-state index contributed by atoms with van der Waals surface area (Å²) in [7, 11) is -6.22. The van der Waals surface area contributed by atoms with Gasteiger partial charge < -0.3 is 13.5 Å². The van der Waals surface area contributed by atoms with Crippen molar-refractivity contribution in [1.82, 2.24) is 9.55 Å². The van der Waals surface area contributed by atoms with Gasteiger partial charge >= 0.3 is 21.6 Å². The number of hydrogen-bond donors (Lipinski definition) is 0. The van der Waals surface area contributed by atoms with Crippen molar-refractivity contribution in [3.63, 3.8) is 0 Å². The van der Waals surface area contributed by atoms with Gasteiger partial charge in [-0.05, 0) is 19.8 Å². The molecule has 1 aliphatic carbocycles. The van der Waals surface area contributed by atoms with Crippen LogP contribution in [0.15, 0.2) is 17.2 Å².